The van der Waals surface area contributed by atoms with Crippen LogP contribution in [-0.2, 0) is 15.1 Å². The normalized spacial score (nSPS) is 14.6. The Morgan fingerprint density at radius 2 is 1.28 bits per heavy atom. The number of hydrogen-bond acceptors (Lipinski definition) is 4. The number of benzene rings is 3. The Morgan fingerprint density at radius 1 is 0.719 bits per heavy atom. The first-order valence-corrected chi connectivity index (χ1v) is 10.8. The van der Waals surface area contributed by atoms with Crippen LogP contribution in [0.2, 0.25) is 0 Å². The molecule has 3 aromatic rings. The zero-order chi connectivity index (χ0) is 22.5. The molecule has 0 saturated carbocycles. The molecule has 0 radical (unpaired) electrons. The average molecular weight is 431 g/mol. The predicted molar refractivity (Wildman–Crippen MR) is 129 cm³/mol. The standard InChI is InChI=1S/C28H30O4/c29-20-21-31-22-23-32-27(17-16-24-10-4-1-5-11-24)28(30,26-14-8-3-9-15-26)19-18-25-12-6-2-7-13-25/h1-19,27,29-30H,20-23H2. The van der Waals surface area contributed by atoms with Crippen molar-refractivity contribution in [2.24, 2.45) is 0 Å². The molecular formula is C28H30O4. The molecule has 2 unspecified atom stereocenters. The van der Waals surface area contributed by atoms with Gasteiger partial charge in [0.05, 0.1) is 26.4 Å². The third-order valence-corrected chi connectivity index (χ3v) is 5.02. The Morgan fingerprint density at radius 3 is 1.88 bits per heavy atom. The molecule has 0 aliphatic carbocycles. The molecule has 0 aliphatic heterocycles. The van der Waals surface area contributed by atoms with Gasteiger partial charge in [0, 0.05) is 0 Å². The van der Waals surface area contributed by atoms with Gasteiger partial charge in [-0.25, -0.2) is 0 Å². The van der Waals surface area contributed by atoms with Crippen LogP contribution < -0.4 is 0 Å². The number of ether oxygens (including phenoxy) is 2. The van der Waals surface area contributed by atoms with Crippen molar-refractivity contribution in [3.05, 3.63) is 120 Å². The Bertz CT molecular complexity index is 954. The highest BCUT2D eigenvalue weighted by Gasteiger charge is 2.35. The van der Waals surface area contributed by atoms with Crippen LogP contribution in [0.5, 0.6) is 0 Å². The van der Waals surface area contributed by atoms with E-state index >= 15 is 0 Å². The van der Waals surface area contributed by atoms with E-state index in [0.717, 1.165) is 16.7 Å². The van der Waals surface area contributed by atoms with Crippen molar-refractivity contribution in [2.75, 3.05) is 26.4 Å². The van der Waals surface area contributed by atoms with Gasteiger partial charge in [-0.15, -0.1) is 0 Å². The van der Waals surface area contributed by atoms with Gasteiger partial charge < -0.3 is 19.7 Å². The van der Waals surface area contributed by atoms with Gasteiger partial charge >= 0.3 is 0 Å². The number of rotatable bonds is 12. The van der Waals surface area contributed by atoms with Gasteiger partial charge in [0.25, 0.3) is 0 Å². The van der Waals surface area contributed by atoms with Crippen molar-refractivity contribution in [1.29, 1.82) is 0 Å². The van der Waals surface area contributed by atoms with Gasteiger partial charge in [-0.3, -0.25) is 0 Å². The van der Waals surface area contributed by atoms with E-state index in [0.29, 0.717) is 6.61 Å². The van der Waals surface area contributed by atoms with Crippen LogP contribution in [0.15, 0.2) is 103 Å². The fourth-order valence-corrected chi connectivity index (χ4v) is 3.34. The summed E-state index contributed by atoms with van der Waals surface area (Å²) in [5, 5.41) is 20.9. The molecule has 0 aromatic heterocycles. The Hall–Kier alpha value is -3.02. The Labute approximate surface area is 190 Å². The molecule has 2 N–H and O–H groups in total. The van der Waals surface area contributed by atoms with Crippen molar-refractivity contribution in [1.82, 2.24) is 0 Å². The third kappa shape index (κ3) is 7.01. The smallest absolute Gasteiger partial charge is 0.138 e. The van der Waals surface area contributed by atoms with Crippen LogP contribution in [0.3, 0.4) is 0 Å². The first-order chi connectivity index (χ1) is 15.7. The van der Waals surface area contributed by atoms with Crippen molar-refractivity contribution in [2.45, 2.75) is 11.7 Å². The summed E-state index contributed by atoms with van der Waals surface area (Å²) in [6.07, 6.45) is 6.85. The van der Waals surface area contributed by atoms with E-state index in [1.54, 1.807) is 6.08 Å². The van der Waals surface area contributed by atoms with Crippen LogP contribution >= 0.6 is 0 Å². The molecule has 0 fully saturated rings. The van der Waals surface area contributed by atoms with E-state index in [1.807, 2.05) is 109 Å². The van der Waals surface area contributed by atoms with Gasteiger partial charge in [-0.1, -0.05) is 109 Å². The van der Waals surface area contributed by atoms with Gasteiger partial charge in [0.15, 0.2) is 0 Å². The molecule has 0 spiro atoms. The van der Waals surface area contributed by atoms with Gasteiger partial charge in [-0.2, -0.15) is 0 Å². The topological polar surface area (TPSA) is 58.9 Å². The highest BCUT2D eigenvalue weighted by atomic mass is 16.5. The summed E-state index contributed by atoms with van der Waals surface area (Å²) in [6.45, 7) is 0.817. The van der Waals surface area contributed by atoms with Crippen LogP contribution in [0, 0.1) is 0 Å². The Kier molecular flexibility index (Phi) is 9.41. The van der Waals surface area contributed by atoms with Gasteiger partial charge in [0.2, 0.25) is 0 Å². The third-order valence-electron chi connectivity index (χ3n) is 5.02. The van der Waals surface area contributed by atoms with Crippen molar-refractivity contribution in [3.8, 4) is 0 Å². The fraction of sp³-hybridized carbons (Fsp3) is 0.214. The highest BCUT2D eigenvalue weighted by Crippen LogP contribution is 2.31. The Balaban J connectivity index is 1.93. The molecular weight excluding hydrogens is 400 g/mol. The molecule has 32 heavy (non-hydrogen) atoms. The molecule has 3 rings (SSSR count). The molecule has 4 heteroatoms. The molecule has 0 amide bonds. The van der Waals surface area contributed by atoms with E-state index in [-0.39, 0.29) is 19.8 Å². The molecule has 0 heterocycles. The fourth-order valence-electron chi connectivity index (χ4n) is 3.34. The lowest BCUT2D eigenvalue weighted by Crippen LogP contribution is -2.39. The van der Waals surface area contributed by atoms with E-state index in [2.05, 4.69) is 0 Å². The molecule has 166 valence electrons. The van der Waals surface area contributed by atoms with Crippen molar-refractivity contribution < 1.29 is 19.7 Å². The van der Waals surface area contributed by atoms with Crippen LogP contribution in [0.25, 0.3) is 12.2 Å². The summed E-state index contributed by atoms with van der Waals surface area (Å²) >= 11 is 0. The largest absolute Gasteiger partial charge is 0.394 e. The van der Waals surface area contributed by atoms with Gasteiger partial charge in [-0.05, 0) is 22.8 Å². The first-order valence-electron chi connectivity index (χ1n) is 10.8. The maximum absolute atomic E-state index is 11.9. The van der Waals surface area contributed by atoms with Crippen LogP contribution in [-0.4, -0.2) is 42.7 Å². The minimum Gasteiger partial charge on any atom is -0.394 e. The molecule has 4 nitrogen and oxygen atoms in total. The van der Waals surface area contributed by atoms with Crippen LogP contribution in [0.4, 0.5) is 0 Å². The van der Waals surface area contributed by atoms with Crippen molar-refractivity contribution >= 4 is 12.2 Å². The summed E-state index contributed by atoms with van der Waals surface area (Å²) in [5.41, 5.74) is 1.32. The summed E-state index contributed by atoms with van der Waals surface area (Å²) in [5.74, 6) is 0. The summed E-state index contributed by atoms with van der Waals surface area (Å²) in [7, 11) is 0. The first kappa shape index (κ1) is 23.6. The van der Waals surface area contributed by atoms with Crippen LogP contribution in [0.1, 0.15) is 16.7 Å². The average Bonchev–Trinajstić information content (AvgIpc) is 2.86. The van der Waals surface area contributed by atoms with E-state index in [4.69, 9.17) is 14.6 Å². The zero-order valence-electron chi connectivity index (χ0n) is 18.1. The highest BCUT2D eigenvalue weighted by molar-refractivity contribution is 5.54. The molecule has 0 saturated heterocycles. The lowest BCUT2D eigenvalue weighted by Gasteiger charge is -2.32. The molecule has 3 aromatic carbocycles. The SMILES string of the molecule is OCCOCCOC(C=Cc1ccccc1)C(O)(C=Cc1ccccc1)c1ccccc1. The van der Waals surface area contributed by atoms with Gasteiger partial charge in [0.1, 0.15) is 11.7 Å². The predicted octanol–water partition coefficient (Wildman–Crippen LogP) is 4.70. The van der Waals surface area contributed by atoms with Crippen molar-refractivity contribution in [3.63, 3.8) is 0 Å². The summed E-state index contributed by atoms with van der Waals surface area (Å²) in [6, 6.07) is 29.3. The second-order valence-electron chi connectivity index (χ2n) is 7.33. The monoisotopic (exact) mass is 430 g/mol. The van der Waals surface area contributed by atoms with E-state index in [1.165, 1.54) is 0 Å². The zero-order valence-corrected chi connectivity index (χ0v) is 18.1. The minimum atomic E-state index is -1.40. The minimum absolute atomic E-state index is 0.0366. The maximum Gasteiger partial charge on any atom is 0.138 e. The summed E-state index contributed by atoms with van der Waals surface area (Å²) < 4.78 is 11.5. The lowest BCUT2D eigenvalue weighted by atomic mass is 9.86. The maximum atomic E-state index is 11.9. The van der Waals surface area contributed by atoms with E-state index in [9.17, 15) is 5.11 Å². The number of aliphatic hydroxyl groups excluding tert-OH is 1. The second-order valence-corrected chi connectivity index (χ2v) is 7.33. The molecule has 2 atom stereocenters. The quantitative estimate of drug-likeness (QED) is 0.409. The molecule has 0 aliphatic rings. The number of hydrogen-bond donors (Lipinski definition) is 2. The lowest BCUT2D eigenvalue weighted by molar-refractivity contribution is -0.0744. The number of aliphatic hydroxyl groups is 2. The van der Waals surface area contributed by atoms with E-state index < -0.39 is 11.7 Å². The second kappa shape index (κ2) is 12.7. The molecule has 0 bridgehead atoms. The summed E-state index contributed by atoms with van der Waals surface area (Å²) in [4.78, 5) is 0.